The average Bonchev–Trinajstić information content (AvgIpc) is 2.29. The quantitative estimate of drug-likeness (QED) is 0.785. The number of rotatable bonds is 2. The third-order valence-corrected chi connectivity index (χ3v) is 4.50. The summed E-state index contributed by atoms with van der Waals surface area (Å²) in [6.45, 7) is 0. The Morgan fingerprint density at radius 1 is 1.18 bits per heavy atom. The van der Waals surface area contributed by atoms with Gasteiger partial charge in [0.25, 0.3) is 0 Å². The van der Waals surface area contributed by atoms with E-state index in [0.717, 1.165) is 14.3 Å². The Morgan fingerprint density at radius 3 is 2.59 bits per heavy atom. The molecule has 2 N–H and O–H groups in total. The predicted octanol–water partition coefficient (Wildman–Crippen LogP) is 4.98. The van der Waals surface area contributed by atoms with Gasteiger partial charge in [0.2, 0.25) is 0 Å². The summed E-state index contributed by atoms with van der Waals surface area (Å²) in [6, 6.07) is 10.5. The molecule has 2 aromatic carbocycles. The van der Waals surface area contributed by atoms with E-state index in [0.29, 0.717) is 5.69 Å². The van der Waals surface area contributed by atoms with Crippen LogP contribution in [0.15, 0.2) is 50.7 Å². The zero-order valence-electron chi connectivity index (χ0n) is 8.58. The third-order valence-electron chi connectivity index (χ3n) is 2.11. The Bertz CT molecular complexity index is 562. The maximum atomic E-state index is 13.1. The molecule has 0 aliphatic carbocycles. The molecule has 0 saturated heterocycles. The summed E-state index contributed by atoms with van der Waals surface area (Å²) < 4.78 is 14.1. The zero-order valence-corrected chi connectivity index (χ0v) is 11.7. The summed E-state index contributed by atoms with van der Waals surface area (Å²) in [5, 5.41) is 0.0775. The van der Waals surface area contributed by atoms with Crippen molar-refractivity contribution >= 4 is 45.0 Å². The normalized spacial score (nSPS) is 10.5. The van der Waals surface area contributed by atoms with Crippen LogP contribution in [0.5, 0.6) is 0 Å². The first-order chi connectivity index (χ1) is 8.08. The topological polar surface area (TPSA) is 26.0 Å². The van der Waals surface area contributed by atoms with Crippen LogP contribution in [-0.2, 0) is 0 Å². The van der Waals surface area contributed by atoms with E-state index in [1.165, 1.54) is 23.9 Å². The fraction of sp³-hybridized carbons (Fsp3) is 0. The Morgan fingerprint density at radius 2 is 1.88 bits per heavy atom. The van der Waals surface area contributed by atoms with Gasteiger partial charge in [0.1, 0.15) is 5.82 Å². The van der Waals surface area contributed by atoms with Crippen LogP contribution < -0.4 is 5.73 Å². The molecule has 0 spiro atoms. The lowest BCUT2D eigenvalue weighted by atomic mass is 10.3. The standard InChI is InChI=1S/C12H8BrClFNS/c13-7-3-1-2-4-11(7)17-12-5-8(14)9(15)6-10(12)16/h1-6H,16H2. The predicted molar refractivity (Wildman–Crippen MR) is 74.1 cm³/mol. The van der Waals surface area contributed by atoms with E-state index in [9.17, 15) is 4.39 Å². The SMILES string of the molecule is Nc1cc(F)c(Cl)cc1Sc1ccccc1Br. The van der Waals surface area contributed by atoms with Crippen molar-refractivity contribution in [2.75, 3.05) is 5.73 Å². The van der Waals surface area contributed by atoms with Gasteiger partial charge in [-0.2, -0.15) is 0 Å². The molecule has 0 aromatic heterocycles. The van der Waals surface area contributed by atoms with Gasteiger partial charge >= 0.3 is 0 Å². The number of nitrogens with two attached hydrogens (primary N) is 1. The van der Waals surface area contributed by atoms with Gasteiger partial charge in [0, 0.05) is 20.0 Å². The molecule has 0 atom stereocenters. The number of hydrogen-bond acceptors (Lipinski definition) is 2. The lowest BCUT2D eigenvalue weighted by Crippen LogP contribution is -1.91. The lowest BCUT2D eigenvalue weighted by molar-refractivity contribution is 0.628. The molecule has 0 radical (unpaired) electrons. The molecule has 0 saturated carbocycles. The highest BCUT2D eigenvalue weighted by Crippen LogP contribution is 2.38. The van der Waals surface area contributed by atoms with Crippen LogP contribution in [0.25, 0.3) is 0 Å². The van der Waals surface area contributed by atoms with Crippen molar-refractivity contribution < 1.29 is 4.39 Å². The van der Waals surface area contributed by atoms with Crippen LogP contribution in [0.1, 0.15) is 0 Å². The van der Waals surface area contributed by atoms with Crippen molar-refractivity contribution in [1.82, 2.24) is 0 Å². The van der Waals surface area contributed by atoms with E-state index < -0.39 is 5.82 Å². The second-order valence-electron chi connectivity index (χ2n) is 3.34. The highest BCUT2D eigenvalue weighted by molar-refractivity contribution is 9.10. The molecule has 0 bridgehead atoms. The van der Waals surface area contributed by atoms with Gasteiger partial charge in [-0.25, -0.2) is 4.39 Å². The first kappa shape index (κ1) is 12.7. The Labute approximate surface area is 116 Å². The van der Waals surface area contributed by atoms with Crippen LogP contribution in [0, 0.1) is 5.82 Å². The smallest absolute Gasteiger partial charge is 0.143 e. The van der Waals surface area contributed by atoms with Gasteiger partial charge in [-0.15, -0.1) is 0 Å². The van der Waals surface area contributed by atoms with E-state index in [4.69, 9.17) is 17.3 Å². The summed E-state index contributed by atoms with van der Waals surface area (Å²) in [6.07, 6.45) is 0. The Kier molecular flexibility index (Phi) is 3.97. The van der Waals surface area contributed by atoms with Crippen LogP contribution >= 0.6 is 39.3 Å². The minimum absolute atomic E-state index is 0.0775. The Hall–Kier alpha value is -0.710. The van der Waals surface area contributed by atoms with Gasteiger partial charge in [0.15, 0.2) is 0 Å². The molecule has 0 amide bonds. The molecule has 17 heavy (non-hydrogen) atoms. The molecule has 0 aliphatic rings. The molecule has 0 unspecified atom stereocenters. The molecular formula is C12H8BrClFNS. The molecular weight excluding hydrogens is 325 g/mol. The van der Waals surface area contributed by atoms with Crippen molar-refractivity contribution in [2.24, 2.45) is 0 Å². The molecule has 0 heterocycles. The number of halogens is 3. The molecule has 2 aromatic rings. The average molecular weight is 333 g/mol. The summed E-state index contributed by atoms with van der Waals surface area (Å²) in [4.78, 5) is 1.74. The molecule has 88 valence electrons. The first-order valence-corrected chi connectivity index (χ1v) is 6.73. The van der Waals surface area contributed by atoms with E-state index in [-0.39, 0.29) is 5.02 Å². The fourth-order valence-electron chi connectivity index (χ4n) is 1.28. The molecule has 0 aliphatic heterocycles. The van der Waals surface area contributed by atoms with Gasteiger partial charge in [-0.05, 0) is 40.2 Å². The van der Waals surface area contributed by atoms with E-state index in [1.54, 1.807) is 0 Å². The summed E-state index contributed by atoms with van der Waals surface area (Å²) in [7, 11) is 0. The summed E-state index contributed by atoms with van der Waals surface area (Å²) in [5.74, 6) is -0.499. The third kappa shape index (κ3) is 2.94. The van der Waals surface area contributed by atoms with Crippen molar-refractivity contribution in [1.29, 1.82) is 0 Å². The van der Waals surface area contributed by atoms with Crippen LogP contribution in [0.3, 0.4) is 0 Å². The van der Waals surface area contributed by atoms with Crippen LogP contribution in [-0.4, -0.2) is 0 Å². The largest absolute Gasteiger partial charge is 0.398 e. The second kappa shape index (κ2) is 5.29. The second-order valence-corrected chi connectivity index (χ2v) is 5.68. The minimum atomic E-state index is -0.499. The molecule has 5 heteroatoms. The van der Waals surface area contributed by atoms with Crippen molar-refractivity contribution in [3.05, 3.63) is 51.7 Å². The number of hydrogen-bond donors (Lipinski definition) is 1. The first-order valence-electron chi connectivity index (χ1n) is 4.75. The van der Waals surface area contributed by atoms with E-state index in [1.807, 2.05) is 24.3 Å². The minimum Gasteiger partial charge on any atom is -0.398 e. The Balaban J connectivity index is 2.37. The van der Waals surface area contributed by atoms with Gasteiger partial charge in [-0.3, -0.25) is 0 Å². The number of nitrogen functional groups attached to an aromatic ring is 1. The zero-order chi connectivity index (χ0) is 12.4. The van der Waals surface area contributed by atoms with Gasteiger partial charge < -0.3 is 5.73 Å². The van der Waals surface area contributed by atoms with Gasteiger partial charge in [-0.1, -0.05) is 35.5 Å². The van der Waals surface area contributed by atoms with Crippen molar-refractivity contribution in [3.63, 3.8) is 0 Å². The fourth-order valence-corrected chi connectivity index (χ4v) is 2.94. The van der Waals surface area contributed by atoms with Crippen molar-refractivity contribution in [3.8, 4) is 0 Å². The number of benzene rings is 2. The lowest BCUT2D eigenvalue weighted by Gasteiger charge is -2.08. The monoisotopic (exact) mass is 331 g/mol. The van der Waals surface area contributed by atoms with E-state index in [2.05, 4.69) is 15.9 Å². The molecule has 1 nitrogen and oxygen atoms in total. The number of anilines is 1. The molecule has 2 rings (SSSR count). The molecule has 0 fully saturated rings. The summed E-state index contributed by atoms with van der Waals surface area (Å²) in [5.41, 5.74) is 6.14. The van der Waals surface area contributed by atoms with Crippen LogP contribution in [0.2, 0.25) is 5.02 Å². The van der Waals surface area contributed by atoms with Crippen LogP contribution in [0.4, 0.5) is 10.1 Å². The van der Waals surface area contributed by atoms with Gasteiger partial charge in [0.05, 0.1) is 5.02 Å². The van der Waals surface area contributed by atoms with Crippen molar-refractivity contribution in [2.45, 2.75) is 9.79 Å². The highest BCUT2D eigenvalue weighted by Gasteiger charge is 2.09. The highest BCUT2D eigenvalue weighted by atomic mass is 79.9. The maximum absolute atomic E-state index is 13.1. The van der Waals surface area contributed by atoms with E-state index >= 15 is 0 Å². The maximum Gasteiger partial charge on any atom is 0.143 e. The summed E-state index contributed by atoms with van der Waals surface area (Å²) >= 11 is 10.6.